The number of carbonyl (C=O) groups is 2. The highest BCUT2D eigenvalue weighted by atomic mass is 16.8. The number of esters is 2. The number of ether oxygens (including phenoxy) is 2. The summed E-state index contributed by atoms with van der Waals surface area (Å²) in [5, 5.41) is 18.6. The zero-order valence-corrected chi connectivity index (χ0v) is 11.5. The Kier molecular flexibility index (Phi) is 9.32. The molecule has 2 N–H and O–H groups in total. The molecule has 0 fully saturated rings. The van der Waals surface area contributed by atoms with Gasteiger partial charge in [0.1, 0.15) is 0 Å². The lowest BCUT2D eigenvalue weighted by Gasteiger charge is -2.25. The summed E-state index contributed by atoms with van der Waals surface area (Å²) in [5.41, 5.74) is 0. The van der Waals surface area contributed by atoms with E-state index in [1.165, 1.54) is 0 Å². The maximum Gasteiger partial charge on any atom is 0.373 e. The lowest BCUT2D eigenvalue weighted by molar-refractivity contribution is -0.324. The van der Waals surface area contributed by atoms with Gasteiger partial charge in [-0.25, -0.2) is 9.59 Å². The lowest BCUT2D eigenvalue weighted by Crippen LogP contribution is -2.39. The number of rotatable bonds is 11. The second-order valence-corrected chi connectivity index (χ2v) is 4.20. The molecular formula is C14H22O6. The van der Waals surface area contributed by atoms with E-state index in [-0.39, 0.29) is 13.0 Å². The fourth-order valence-electron chi connectivity index (χ4n) is 1.51. The molecule has 0 radical (unpaired) electrons. The van der Waals surface area contributed by atoms with Crippen molar-refractivity contribution in [2.24, 2.45) is 0 Å². The molecule has 0 aliphatic heterocycles. The molecule has 114 valence electrons. The number of aliphatic hydroxyl groups is 2. The van der Waals surface area contributed by atoms with E-state index in [1.54, 1.807) is 0 Å². The fraction of sp³-hybridized carbons (Fsp3) is 0.571. The van der Waals surface area contributed by atoms with E-state index in [4.69, 9.17) is 5.11 Å². The van der Waals surface area contributed by atoms with Crippen LogP contribution in [0.1, 0.15) is 38.5 Å². The van der Waals surface area contributed by atoms with E-state index in [0.717, 1.165) is 37.8 Å². The number of hydrogen-bond acceptors (Lipinski definition) is 6. The minimum Gasteiger partial charge on any atom is -0.396 e. The Morgan fingerprint density at radius 2 is 1.40 bits per heavy atom. The van der Waals surface area contributed by atoms with Crippen LogP contribution in [0.3, 0.4) is 0 Å². The summed E-state index contributed by atoms with van der Waals surface area (Å²) < 4.78 is 9.31. The molecule has 0 aliphatic carbocycles. The number of aliphatic hydroxyl groups excluding tert-OH is 1. The van der Waals surface area contributed by atoms with Crippen LogP contribution in [-0.2, 0) is 19.1 Å². The van der Waals surface area contributed by atoms with Crippen LogP contribution in [0.5, 0.6) is 0 Å². The predicted octanol–water partition coefficient (Wildman–Crippen LogP) is 1.42. The van der Waals surface area contributed by atoms with Crippen LogP contribution in [0.4, 0.5) is 0 Å². The van der Waals surface area contributed by atoms with Crippen molar-refractivity contribution in [3.05, 3.63) is 25.3 Å². The molecule has 0 aromatic rings. The summed E-state index contributed by atoms with van der Waals surface area (Å²) in [6, 6.07) is 0. The van der Waals surface area contributed by atoms with Gasteiger partial charge in [-0.1, -0.05) is 32.4 Å². The molecule has 0 heterocycles. The minimum atomic E-state index is -2.30. The van der Waals surface area contributed by atoms with E-state index in [0.29, 0.717) is 6.42 Å². The van der Waals surface area contributed by atoms with Crippen LogP contribution in [0, 0.1) is 0 Å². The topological polar surface area (TPSA) is 93.1 Å². The first-order chi connectivity index (χ1) is 9.47. The highest BCUT2D eigenvalue weighted by molar-refractivity contribution is 5.83. The van der Waals surface area contributed by atoms with E-state index >= 15 is 0 Å². The molecule has 6 nitrogen and oxygen atoms in total. The van der Waals surface area contributed by atoms with Crippen LogP contribution < -0.4 is 0 Å². The van der Waals surface area contributed by atoms with Gasteiger partial charge in [0.15, 0.2) is 0 Å². The molecule has 0 saturated heterocycles. The van der Waals surface area contributed by atoms with Gasteiger partial charge in [-0.15, -0.1) is 0 Å². The quantitative estimate of drug-likeness (QED) is 0.258. The Morgan fingerprint density at radius 3 is 1.85 bits per heavy atom. The minimum absolute atomic E-state index is 0.0364. The first-order valence-electron chi connectivity index (χ1n) is 6.51. The predicted molar refractivity (Wildman–Crippen MR) is 72.3 cm³/mol. The second-order valence-electron chi connectivity index (χ2n) is 4.20. The molecule has 0 aromatic carbocycles. The summed E-state index contributed by atoms with van der Waals surface area (Å²) in [4.78, 5) is 22.3. The number of unbranched alkanes of at least 4 members (excludes halogenated alkanes) is 4. The highest BCUT2D eigenvalue weighted by Crippen LogP contribution is 2.20. The van der Waals surface area contributed by atoms with Gasteiger partial charge in [-0.2, -0.15) is 0 Å². The van der Waals surface area contributed by atoms with Gasteiger partial charge in [-0.3, -0.25) is 0 Å². The Morgan fingerprint density at radius 1 is 0.950 bits per heavy atom. The third-order valence-corrected chi connectivity index (χ3v) is 2.50. The summed E-state index contributed by atoms with van der Waals surface area (Å²) in [5.74, 6) is -4.07. The average Bonchev–Trinajstić information content (AvgIpc) is 2.42. The summed E-state index contributed by atoms with van der Waals surface area (Å²) in [6.45, 7) is 6.56. The van der Waals surface area contributed by atoms with Crippen LogP contribution >= 0.6 is 0 Å². The molecule has 0 aromatic heterocycles. The van der Waals surface area contributed by atoms with Crippen molar-refractivity contribution in [2.45, 2.75) is 44.5 Å². The number of hydrogen-bond donors (Lipinski definition) is 2. The van der Waals surface area contributed by atoms with Crippen molar-refractivity contribution in [2.75, 3.05) is 6.61 Å². The monoisotopic (exact) mass is 286 g/mol. The summed E-state index contributed by atoms with van der Waals surface area (Å²) >= 11 is 0. The van der Waals surface area contributed by atoms with Gasteiger partial charge in [-0.05, 0) is 12.8 Å². The molecule has 0 unspecified atom stereocenters. The van der Waals surface area contributed by atoms with Gasteiger partial charge in [0.05, 0.1) is 6.42 Å². The maximum atomic E-state index is 11.1. The second kappa shape index (κ2) is 10.2. The summed E-state index contributed by atoms with van der Waals surface area (Å²) in [7, 11) is 0. The Bertz CT molecular complexity index is 315. The van der Waals surface area contributed by atoms with Gasteiger partial charge in [0.25, 0.3) is 0 Å². The molecule has 0 amide bonds. The lowest BCUT2D eigenvalue weighted by atomic mass is 10.1. The molecule has 0 bridgehead atoms. The molecule has 0 saturated carbocycles. The molecular weight excluding hydrogens is 264 g/mol. The van der Waals surface area contributed by atoms with Crippen LogP contribution in [-0.4, -0.2) is 34.7 Å². The third-order valence-electron chi connectivity index (χ3n) is 2.50. The fourth-order valence-corrected chi connectivity index (χ4v) is 1.51. The van der Waals surface area contributed by atoms with E-state index < -0.39 is 17.9 Å². The van der Waals surface area contributed by atoms with Crippen molar-refractivity contribution in [1.29, 1.82) is 0 Å². The van der Waals surface area contributed by atoms with Crippen molar-refractivity contribution in [1.82, 2.24) is 0 Å². The van der Waals surface area contributed by atoms with Crippen molar-refractivity contribution < 1.29 is 29.3 Å². The van der Waals surface area contributed by atoms with Gasteiger partial charge >= 0.3 is 17.9 Å². The zero-order valence-electron chi connectivity index (χ0n) is 11.5. The SMILES string of the molecule is C=CC(=O)OC(O)(CCCCCCCO)OC(=O)C=C. The first kappa shape index (κ1) is 18.3. The van der Waals surface area contributed by atoms with E-state index in [9.17, 15) is 14.7 Å². The highest BCUT2D eigenvalue weighted by Gasteiger charge is 2.34. The standard InChI is InChI=1S/C14H22O6/c1-3-12(16)19-14(18,20-13(17)4-2)10-8-6-5-7-9-11-15/h3-4,15,18H,1-2,5-11H2. The molecule has 6 heteroatoms. The molecule has 0 rings (SSSR count). The van der Waals surface area contributed by atoms with Gasteiger partial charge in [0, 0.05) is 18.8 Å². The normalized spacial score (nSPS) is 10.7. The summed E-state index contributed by atoms with van der Waals surface area (Å²) in [6.07, 6.45) is 5.40. The zero-order chi connectivity index (χ0) is 15.4. The Labute approximate surface area is 118 Å². The maximum absolute atomic E-state index is 11.1. The smallest absolute Gasteiger partial charge is 0.373 e. The van der Waals surface area contributed by atoms with Crippen LogP contribution in [0.15, 0.2) is 25.3 Å². The van der Waals surface area contributed by atoms with Crippen molar-refractivity contribution >= 4 is 11.9 Å². The molecule has 0 atom stereocenters. The average molecular weight is 286 g/mol. The molecule has 20 heavy (non-hydrogen) atoms. The van der Waals surface area contributed by atoms with Crippen molar-refractivity contribution in [3.8, 4) is 0 Å². The third kappa shape index (κ3) is 8.44. The van der Waals surface area contributed by atoms with Crippen LogP contribution in [0.25, 0.3) is 0 Å². The molecule has 0 aliphatic rings. The Hall–Kier alpha value is -1.66. The van der Waals surface area contributed by atoms with Gasteiger partial charge < -0.3 is 19.7 Å². The molecule has 0 spiro atoms. The van der Waals surface area contributed by atoms with E-state index in [2.05, 4.69) is 22.6 Å². The Balaban J connectivity index is 4.30. The van der Waals surface area contributed by atoms with Gasteiger partial charge in [0.2, 0.25) is 0 Å². The van der Waals surface area contributed by atoms with Crippen molar-refractivity contribution in [3.63, 3.8) is 0 Å². The largest absolute Gasteiger partial charge is 0.396 e. The number of carbonyl (C=O) groups excluding carboxylic acids is 2. The van der Waals surface area contributed by atoms with Crippen LogP contribution in [0.2, 0.25) is 0 Å². The first-order valence-corrected chi connectivity index (χ1v) is 6.51. The van der Waals surface area contributed by atoms with E-state index in [1.807, 2.05) is 0 Å².